The molecule has 2 aromatic rings. The molecule has 0 spiro atoms. The van der Waals surface area contributed by atoms with E-state index in [-0.39, 0.29) is 5.91 Å². The van der Waals surface area contributed by atoms with Crippen molar-refractivity contribution in [3.63, 3.8) is 0 Å². The van der Waals surface area contributed by atoms with E-state index in [1.54, 1.807) is 12.4 Å². The van der Waals surface area contributed by atoms with E-state index < -0.39 is 0 Å². The third-order valence-corrected chi connectivity index (χ3v) is 5.21. The van der Waals surface area contributed by atoms with Crippen molar-refractivity contribution >= 4 is 11.7 Å². The molecule has 0 radical (unpaired) electrons. The Morgan fingerprint density at radius 2 is 1.64 bits per heavy atom. The van der Waals surface area contributed by atoms with Gasteiger partial charge in [0.15, 0.2) is 0 Å². The van der Waals surface area contributed by atoms with Crippen LogP contribution in [0.15, 0.2) is 36.7 Å². The molecule has 2 aliphatic heterocycles. The van der Waals surface area contributed by atoms with Gasteiger partial charge in [-0.25, -0.2) is 9.97 Å². The lowest BCUT2D eigenvalue weighted by Gasteiger charge is -2.29. The lowest BCUT2D eigenvalue weighted by atomic mass is 10.0. The third kappa shape index (κ3) is 3.50. The van der Waals surface area contributed by atoms with Crippen LogP contribution in [0.5, 0.6) is 0 Å². The molecular weight excluding hydrogens is 312 g/mol. The highest BCUT2D eigenvalue weighted by molar-refractivity contribution is 5.92. The van der Waals surface area contributed by atoms with Crippen LogP contribution >= 0.6 is 0 Å². The van der Waals surface area contributed by atoms with Crippen LogP contribution in [-0.2, 0) is 13.0 Å². The molecule has 0 unspecified atom stereocenters. The highest BCUT2D eigenvalue weighted by atomic mass is 16.2. The molecule has 25 heavy (non-hydrogen) atoms. The summed E-state index contributed by atoms with van der Waals surface area (Å²) in [4.78, 5) is 25.7. The molecule has 0 atom stereocenters. The summed E-state index contributed by atoms with van der Waals surface area (Å²) < 4.78 is 0. The minimum Gasteiger partial charge on any atom is -0.351 e. The van der Waals surface area contributed by atoms with Gasteiger partial charge in [-0.05, 0) is 30.4 Å². The number of hydrogen-bond acceptors (Lipinski definition) is 4. The molecule has 0 N–H and O–H groups in total. The second-order valence-electron chi connectivity index (χ2n) is 6.91. The van der Waals surface area contributed by atoms with Crippen molar-refractivity contribution in [2.24, 2.45) is 0 Å². The van der Waals surface area contributed by atoms with E-state index in [1.807, 2.05) is 4.90 Å². The van der Waals surface area contributed by atoms with Crippen LogP contribution in [0.2, 0.25) is 0 Å². The van der Waals surface area contributed by atoms with Crippen molar-refractivity contribution in [2.75, 3.05) is 24.5 Å². The Hall–Kier alpha value is -2.43. The van der Waals surface area contributed by atoms with Crippen LogP contribution in [-0.4, -0.2) is 40.4 Å². The molecule has 0 saturated carbocycles. The fraction of sp³-hybridized carbons (Fsp3) is 0.450. The van der Waals surface area contributed by atoms with Crippen LogP contribution in [0.3, 0.4) is 0 Å². The molecule has 1 saturated heterocycles. The number of anilines is 1. The maximum absolute atomic E-state index is 12.6. The zero-order valence-electron chi connectivity index (χ0n) is 14.5. The van der Waals surface area contributed by atoms with Gasteiger partial charge >= 0.3 is 0 Å². The molecule has 5 nitrogen and oxygen atoms in total. The molecule has 2 aliphatic rings. The molecule has 3 heterocycles. The summed E-state index contributed by atoms with van der Waals surface area (Å²) in [5.41, 5.74) is 3.22. The van der Waals surface area contributed by atoms with Crippen LogP contribution in [0.25, 0.3) is 0 Å². The van der Waals surface area contributed by atoms with Crippen molar-refractivity contribution in [2.45, 2.75) is 38.6 Å². The maximum Gasteiger partial charge on any atom is 0.274 e. The third-order valence-electron chi connectivity index (χ3n) is 5.21. The van der Waals surface area contributed by atoms with Gasteiger partial charge in [-0.15, -0.1) is 0 Å². The standard InChI is InChI=1S/C20H24N4O/c25-20(23-10-5-1-2-6-11-23)18-13-22-19(14-21-18)24-12-9-16-7-3-4-8-17(16)15-24/h3-4,7-8,13-14H,1-2,5-6,9-12,15H2. The van der Waals surface area contributed by atoms with Gasteiger partial charge in [0, 0.05) is 26.2 Å². The van der Waals surface area contributed by atoms with Gasteiger partial charge in [-0.1, -0.05) is 37.1 Å². The number of carbonyl (C=O) groups excluding carboxylic acids is 1. The number of carbonyl (C=O) groups is 1. The van der Waals surface area contributed by atoms with E-state index in [9.17, 15) is 4.79 Å². The van der Waals surface area contributed by atoms with Crippen LogP contribution in [0.1, 0.15) is 47.3 Å². The van der Waals surface area contributed by atoms with Gasteiger partial charge in [-0.2, -0.15) is 0 Å². The fourth-order valence-electron chi connectivity index (χ4n) is 3.72. The number of nitrogens with zero attached hydrogens (tertiary/aromatic N) is 4. The normalized spacial score (nSPS) is 17.8. The largest absolute Gasteiger partial charge is 0.351 e. The summed E-state index contributed by atoms with van der Waals surface area (Å²) in [6.45, 7) is 3.46. The number of hydrogen-bond donors (Lipinski definition) is 0. The Labute approximate surface area is 148 Å². The molecule has 1 aromatic heterocycles. The first kappa shape index (κ1) is 16.1. The van der Waals surface area contributed by atoms with Gasteiger partial charge in [0.25, 0.3) is 5.91 Å². The zero-order chi connectivity index (χ0) is 17.1. The summed E-state index contributed by atoms with van der Waals surface area (Å²) in [5.74, 6) is 0.867. The number of aromatic nitrogens is 2. The monoisotopic (exact) mass is 336 g/mol. The van der Waals surface area contributed by atoms with Crippen molar-refractivity contribution in [3.8, 4) is 0 Å². The first-order valence-electron chi connectivity index (χ1n) is 9.24. The number of likely N-dealkylation sites (tertiary alicyclic amines) is 1. The van der Waals surface area contributed by atoms with Gasteiger partial charge in [0.2, 0.25) is 0 Å². The summed E-state index contributed by atoms with van der Waals surface area (Å²) in [7, 11) is 0. The fourth-order valence-corrected chi connectivity index (χ4v) is 3.72. The average molecular weight is 336 g/mol. The zero-order valence-corrected chi connectivity index (χ0v) is 14.5. The minimum absolute atomic E-state index is 0.0185. The smallest absolute Gasteiger partial charge is 0.274 e. The van der Waals surface area contributed by atoms with E-state index in [0.717, 1.165) is 51.3 Å². The summed E-state index contributed by atoms with van der Waals surface area (Å²) in [6, 6.07) is 8.54. The number of fused-ring (bicyclic) bond motifs is 1. The molecule has 0 bridgehead atoms. The number of benzene rings is 1. The van der Waals surface area contributed by atoms with Crippen molar-refractivity contribution in [3.05, 3.63) is 53.5 Å². The van der Waals surface area contributed by atoms with Gasteiger partial charge < -0.3 is 9.80 Å². The Kier molecular flexibility index (Phi) is 4.63. The van der Waals surface area contributed by atoms with Crippen LogP contribution in [0.4, 0.5) is 5.82 Å². The lowest BCUT2D eigenvalue weighted by Crippen LogP contribution is -2.33. The van der Waals surface area contributed by atoms with Crippen molar-refractivity contribution in [1.29, 1.82) is 0 Å². The van der Waals surface area contributed by atoms with Gasteiger partial charge in [0.05, 0.1) is 12.4 Å². The molecule has 4 rings (SSSR count). The Morgan fingerprint density at radius 1 is 0.880 bits per heavy atom. The predicted molar refractivity (Wildman–Crippen MR) is 97.6 cm³/mol. The SMILES string of the molecule is O=C(c1cnc(N2CCc3ccccc3C2)cn1)N1CCCCCC1. The summed E-state index contributed by atoms with van der Waals surface area (Å²) in [5, 5.41) is 0. The van der Waals surface area contributed by atoms with Gasteiger partial charge in [-0.3, -0.25) is 4.79 Å². The number of rotatable bonds is 2. The quantitative estimate of drug-likeness (QED) is 0.846. The van der Waals surface area contributed by atoms with E-state index in [1.165, 1.54) is 24.0 Å². The maximum atomic E-state index is 12.6. The minimum atomic E-state index is 0.0185. The van der Waals surface area contributed by atoms with E-state index >= 15 is 0 Å². The Morgan fingerprint density at radius 3 is 2.36 bits per heavy atom. The van der Waals surface area contributed by atoms with Crippen LogP contribution in [0, 0.1) is 0 Å². The number of amides is 1. The van der Waals surface area contributed by atoms with Crippen LogP contribution < -0.4 is 4.90 Å². The summed E-state index contributed by atoms with van der Waals surface area (Å²) >= 11 is 0. The van der Waals surface area contributed by atoms with Gasteiger partial charge in [0.1, 0.15) is 11.5 Å². The predicted octanol–water partition coefficient (Wildman–Crippen LogP) is 3.06. The second-order valence-corrected chi connectivity index (χ2v) is 6.91. The van der Waals surface area contributed by atoms with E-state index in [4.69, 9.17) is 0 Å². The molecule has 0 aliphatic carbocycles. The highest BCUT2D eigenvalue weighted by Crippen LogP contribution is 2.22. The Balaban J connectivity index is 1.46. The average Bonchev–Trinajstić information content (AvgIpc) is 2.97. The second kappa shape index (κ2) is 7.21. The molecule has 1 amide bonds. The van der Waals surface area contributed by atoms with E-state index in [0.29, 0.717) is 5.69 Å². The topological polar surface area (TPSA) is 49.3 Å². The first-order chi connectivity index (χ1) is 12.3. The lowest BCUT2D eigenvalue weighted by molar-refractivity contribution is 0.0755. The Bertz CT molecular complexity index is 736. The molecule has 1 fully saturated rings. The van der Waals surface area contributed by atoms with Crippen molar-refractivity contribution < 1.29 is 4.79 Å². The highest BCUT2D eigenvalue weighted by Gasteiger charge is 2.21. The summed E-state index contributed by atoms with van der Waals surface area (Å²) in [6.07, 6.45) is 9.01. The molecule has 5 heteroatoms. The van der Waals surface area contributed by atoms with E-state index in [2.05, 4.69) is 39.1 Å². The molecular formula is C20H24N4O. The van der Waals surface area contributed by atoms with Crippen molar-refractivity contribution in [1.82, 2.24) is 14.9 Å². The molecule has 130 valence electrons. The molecule has 1 aromatic carbocycles. The first-order valence-corrected chi connectivity index (χ1v) is 9.24.